The second kappa shape index (κ2) is 7.54. The number of rotatable bonds is 5. The maximum absolute atomic E-state index is 10.6. The lowest BCUT2D eigenvalue weighted by Crippen LogP contribution is -2.28. The van der Waals surface area contributed by atoms with Gasteiger partial charge in [0, 0.05) is 11.6 Å². The first-order valence-electron chi connectivity index (χ1n) is 7.41. The third-order valence-corrected chi connectivity index (χ3v) is 3.59. The molecule has 25 heavy (non-hydrogen) atoms. The highest BCUT2D eigenvalue weighted by molar-refractivity contribution is 7.80. The molecule has 0 aliphatic carbocycles. The van der Waals surface area contributed by atoms with Crippen molar-refractivity contribution in [3.05, 3.63) is 76.7 Å². The van der Waals surface area contributed by atoms with Crippen LogP contribution in [0, 0.1) is 10.1 Å². The Hall–Kier alpha value is -3.26. The van der Waals surface area contributed by atoms with E-state index in [1.165, 1.54) is 18.3 Å². The molecule has 0 atom stereocenters. The number of pyridine rings is 1. The zero-order chi connectivity index (χ0) is 17.6. The topological polar surface area (TPSA) is 93.2 Å². The van der Waals surface area contributed by atoms with Crippen LogP contribution in [0.3, 0.4) is 0 Å². The molecule has 0 radical (unpaired) electrons. The summed E-state index contributed by atoms with van der Waals surface area (Å²) in [5.74, 6) is 1.94. The minimum atomic E-state index is -0.505. The zero-order valence-electron chi connectivity index (χ0n) is 13.0. The molecule has 0 saturated heterocycles. The zero-order valence-corrected chi connectivity index (χ0v) is 13.8. The summed E-state index contributed by atoms with van der Waals surface area (Å²) < 4.78 is 5.77. The van der Waals surface area contributed by atoms with E-state index in [0.717, 1.165) is 17.1 Å². The number of thiocarbonyl (C=S) groups is 1. The van der Waals surface area contributed by atoms with Gasteiger partial charge in [0.1, 0.15) is 23.5 Å². The summed E-state index contributed by atoms with van der Waals surface area (Å²) in [7, 11) is 0. The first kappa shape index (κ1) is 16.6. The molecule has 0 aliphatic heterocycles. The van der Waals surface area contributed by atoms with Crippen molar-refractivity contribution in [2.24, 2.45) is 0 Å². The third-order valence-electron chi connectivity index (χ3n) is 3.34. The Kier molecular flexibility index (Phi) is 5.00. The predicted molar refractivity (Wildman–Crippen MR) is 98.1 cm³/mol. The van der Waals surface area contributed by atoms with Crippen LogP contribution in [0.5, 0.6) is 0 Å². The molecule has 0 spiro atoms. The summed E-state index contributed by atoms with van der Waals surface area (Å²) in [6, 6.07) is 16.4. The Bertz CT molecular complexity index is 878. The molecule has 2 heterocycles. The van der Waals surface area contributed by atoms with Crippen molar-refractivity contribution < 1.29 is 9.34 Å². The number of hydrogen-bond acceptors (Lipinski definition) is 5. The molecule has 0 fully saturated rings. The van der Waals surface area contributed by atoms with Crippen molar-refractivity contribution in [2.45, 2.75) is 6.54 Å². The van der Waals surface area contributed by atoms with Crippen LogP contribution in [-0.2, 0) is 6.54 Å². The van der Waals surface area contributed by atoms with Crippen LogP contribution >= 0.6 is 12.2 Å². The highest BCUT2D eigenvalue weighted by Crippen LogP contribution is 2.21. The van der Waals surface area contributed by atoms with Gasteiger partial charge in [-0.25, -0.2) is 4.98 Å². The minimum absolute atomic E-state index is 0.0755. The van der Waals surface area contributed by atoms with Crippen LogP contribution in [0.15, 0.2) is 65.2 Å². The van der Waals surface area contributed by atoms with Gasteiger partial charge in [0.2, 0.25) is 0 Å². The normalized spacial score (nSPS) is 10.2. The summed E-state index contributed by atoms with van der Waals surface area (Å²) >= 11 is 5.18. The molecule has 0 unspecified atom stereocenters. The van der Waals surface area contributed by atoms with Crippen LogP contribution in [0.4, 0.5) is 11.5 Å². The number of nitrogens with zero attached hydrogens (tertiary/aromatic N) is 2. The lowest BCUT2D eigenvalue weighted by atomic mass is 10.2. The number of hydrogen-bond donors (Lipinski definition) is 2. The molecular weight excluding hydrogens is 340 g/mol. The Balaban J connectivity index is 1.54. The van der Waals surface area contributed by atoms with E-state index in [1.807, 2.05) is 42.5 Å². The van der Waals surface area contributed by atoms with E-state index in [4.69, 9.17) is 16.6 Å². The molecule has 0 amide bonds. The van der Waals surface area contributed by atoms with E-state index in [2.05, 4.69) is 15.6 Å². The minimum Gasteiger partial charge on any atom is -0.459 e. The standard InChI is InChI=1S/C17H14N4O3S/c22-21(23)13-6-9-16(18-10-13)20-17(25)19-11-14-7-8-15(24-14)12-4-2-1-3-5-12/h1-10H,11H2,(H2,18,19,20,25). The summed E-state index contributed by atoms with van der Waals surface area (Å²) in [5.41, 5.74) is 0.929. The van der Waals surface area contributed by atoms with Crippen molar-refractivity contribution in [2.75, 3.05) is 5.32 Å². The molecule has 0 bridgehead atoms. The van der Waals surface area contributed by atoms with Gasteiger partial charge in [0.25, 0.3) is 5.69 Å². The van der Waals surface area contributed by atoms with Crippen LogP contribution in [-0.4, -0.2) is 15.0 Å². The second-order valence-electron chi connectivity index (χ2n) is 5.10. The maximum atomic E-state index is 10.6. The van der Waals surface area contributed by atoms with Gasteiger partial charge in [0.15, 0.2) is 5.11 Å². The van der Waals surface area contributed by atoms with Crippen molar-refractivity contribution in [3.8, 4) is 11.3 Å². The highest BCUT2D eigenvalue weighted by atomic mass is 32.1. The predicted octanol–water partition coefficient (Wildman–Crippen LogP) is 3.74. The largest absolute Gasteiger partial charge is 0.459 e. The van der Waals surface area contributed by atoms with Gasteiger partial charge in [-0.3, -0.25) is 10.1 Å². The molecule has 1 aromatic carbocycles. The smallest absolute Gasteiger partial charge is 0.287 e. The van der Waals surface area contributed by atoms with Gasteiger partial charge in [0.05, 0.1) is 11.5 Å². The maximum Gasteiger partial charge on any atom is 0.287 e. The summed E-state index contributed by atoms with van der Waals surface area (Å²) in [4.78, 5) is 14.0. The molecule has 0 aliphatic rings. The highest BCUT2D eigenvalue weighted by Gasteiger charge is 2.07. The average molecular weight is 354 g/mol. The van der Waals surface area contributed by atoms with Crippen molar-refractivity contribution in [1.82, 2.24) is 10.3 Å². The molecule has 8 heteroatoms. The van der Waals surface area contributed by atoms with Crippen LogP contribution in [0.1, 0.15) is 5.76 Å². The van der Waals surface area contributed by atoms with Crippen molar-refractivity contribution in [1.29, 1.82) is 0 Å². The Morgan fingerprint density at radius 3 is 2.64 bits per heavy atom. The van der Waals surface area contributed by atoms with Crippen LogP contribution < -0.4 is 10.6 Å². The molecule has 3 rings (SSSR count). The molecule has 0 saturated carbocycles. The van der Waals surface area contributed by atoms with Gasteiger partial charge < -0.3 is 15.1 Å². The number of nitro groups is 1. The van der Waals surface area contributed by atoms with Gasteiger partial charge in [-0.15, -0.1) is 0 Å². The fourth-order valence-electron chi connectivity index (χ4n) is 2.13. The van der Waals surface area contributed by atoms with Gasteiger partial charge in [-0.1, -0.05) is 30.3 Å². The van der Waals surface area contributed by atoms with Gasteiger partial charge in [-0.2, -0.15) is 0 Å². The average Bonchev–Trinajstić information content (AvgIpc) is 3.10. The van der Waals surface area contributed by atoms with Crippen molar-refractivity contribution >= 4 is 28.8 Å². The second-order valence-corrected chi connectivity index (χ2v) is 5.51. The molecule has 2 aromatic heterocycles. The Labute approximate surface area is 148 Å². The first-order chi connectivity index (χ1) is 12.1. The van der Waals surface area contributed by atoms with E-state index in [-0.39, 0.29) is 5.69 Å². The van der Waals surface area contributed by atoms with Crippen LogP contribution in [0.2, 0.25) is 0 Å². The van der Waals surface area contributed by atoms with Crippen molar-refractivity contribution in [3.63, 3.8) is 0 Å². The lowest BCUT2D eigenvalue weighted by Gasteiger charge is -2.08. The molecule has 3 aromatic rings. The summed E-state index contributed by atoms with van der Waals surface area (Å²) in [5, 5.41) is 16.8. The number of aromatic nitrogens is 1. The SMILES string of the molecule is O=[N+]([O-])c1ccc(NC(=S)NCc2ccc(-c3ccccc3)o2)nc1. The number of benzene rings is 1. The van der Waals surface area contributed by atoms with E-state index in [1.54, 1.807) is 0 Å². The molecular formula is C17H14N4O3S. The Morgan fingerprint density at radius 2 is 1.96 bits per heavy atom. The quantitative estimate of drug-likeness (QED) is 0.409. The van der Waals surface area contributed by atoms with Gasteiger partial charge >= 0.3 is 0 Å². The third kappa shape index (κ3) is 4.39. The summed E-state index contributed by atoms with van der Waals surface area (Å²) in [6.45, 7) is 0.408. The van der Waals surface area contributed by atoms with E-state index in [0.29, 0.717) is 17.5 Å². The molecule has 126 valence electrons. The van der Waals surface area contributed by atoms with E-state index >= 15 is 0 Å². The first-order valence-corrected chi connectivity index (χ1v) is 7.82. The number of anilines is 1. The molecule has 7 nitrogen and oxygen atoms in total. The lowest BCUT2D eigenvalue weighted by molar-refractivity contribution is -0.385. The summed E-state index contributed by atoms with van der Waals surface area (Å²) in [6.07, 6.45) is 1.17. The Morgan fingerprint density at radius 1 is 1.16 bits per heavy atom. The van der Waals surface area contributed by atoms with Crippen LogP contribution in [0.25, 0.3) is 11.3 Å². The van der Waals surface area contributed by atoms with E-state index in [9.17, 15) is 10.1 Å². The molecule has 2 N–H and O–H groups in total. The monoisotopic (exact) mass is 354 g/mol. The van der Waals surface area contributed by atoms with E-state index < -0.39 is 4.92 Å². The fraction of sp³-hybridized carbons (Fsp3) is 0.0588. The fourth-order valence-corrected chi connectivity index (χ4v) is 2.30. The number of nitrogens with one attached hydrogen (secondary N) is 2. The van der Waals surface area contributed by atoms with Gasteiger partial charge in [-0.05, 0) is 30.4 Å². The number of furan rings is 1.